The molecule has 0 atom stereocenters. The van der Waals surface area contributed by atoms with Crippen molar-refractivity contribution in [2.75, 3.05) is 13.7 Å². The number of halogens is 1. The van der Waals surface area contributed by atoms with Gasteiger partial charge < -0.3 is 10.1 Å². The van der Waals surface area contributed by atoms with Crippen LogP contribution in [0.3, 0.4) is 0 Å². The first-order chi connectivity index (χ1) is 10.9. The van der Waals surface area contributed by atoms with Gasteiger partial charge in [-0.05, 0) is 37.1 Å². The quantitative estimate of drug-likeness (QED) is 0.620. The number of methoxy groups -OCH3 is 1. The standard InChI is InChI=1S/C14H15ClN4O4/c1-8-13(19(21)22)12(18-17-8)14(20)16-6-5-9-7-10(15)3-4-11(9)23-2/h3-4,7H,5-6H2,1-2H3,(H,16,20)(H,17,18). The van der Waals surface area contributed by atoms with Gasteiger partial charge in [0.25, 0.3) is 5.91 Å². The van der Waals surface area contributed by atoms with E-state index in [2.05, 4.69) is 15.5 Å². The molecule has 0 saturated heterocycles. The molecule has 0 spiro atoms. The third kappa shape index (κ3) is 3.78. The van der Waals surface area contributed by atoms with Crippen molar-refractivity contribution in [1.29, 1.82) is 0 Å². The summed E-state index contributed by atoms with van der Waals surface area (Å²) in [5, 5.41) is 20.3. The Morgan fingerprint density at radius 2 is 2.26 bits per heavy atom. The Labute approximate surface area is 136 Å². The minimum Gasteiger partial charge on any atom is -0.496 e. The Kier molecular flexibility index (Phi) is 5.17. The van der Waals surface area contributed by atoms with Crippen LogP contribution >= 0.6 is 11.6 Å². The molecule has 9 heteroatoms. The smallest absolute Gasteiger partial charge is 0.322 e. The van der Waals surface area contributed by atoms with Crippen LogP contribution in [0.4, 0.5) is 5.69 Å². The highest BCUT2D eigenvalue weighted by Crippen LogP contribution is 2.23. The summed E-state index contributed by atoms with van der Waals surface area (Å²) in [6.07, 6.45) is 0.465. The lowest BCUT2D eigenvalue weighted by atomic mass is 10.1. The molecule has 0 bridgehead atoms. The van der Waals surface area contributed by atoms with Crippen molar-refractivity contribution in [3.8, 4) is 5.75 Å². The zero-order valence-corrected chi connectivity index (χ0v) is 13.3. The maximum Gasteiger partial charge on any atom is 0.322 e. The molecular formula is C14H15ClN4O4. The second-order valence-electron chi connectivity index (χ2n) is 4.76. The van der Waals surface area contributed by atoms with E-state index in [-0.39, 0.29) is 23.6 Å². The van der Waals surface area contributed by atoms with Gasteiger partial charge in [-0.25, -0.2) is 0 Å². The molecule has 2 N–H and O–H groups in total. The molecule has 0 aliphatic rings. The maximum atomic E-state index is 12.0. The van der Waals surface area contributed by atoms with Crippen molar-refractivity contribution >= 4 is 23.2 Å². The highest BCUT2D eigenvalue weighted by molar-refractivity contribution is 6.30. The number of nitrogens with one attached hydrogen (secondary N) is 2. The summed E-state index contributed by atoms with van der Waals surface area (Å²) in [7, 11) is 1.54. The molecule has 23 heavy (non-hydrogen) atoms. The highest BCUT2D eigenvalue weighted by Gasteiger charge is 2.26. The number of rotatable bonds is 6. The van der Waals surface area contributed by atoms with Crippen LogP contribution in [0, 0.1) is 17.0 Å². The Morgan fingerprint density at radius 1 is 1.52 bits per heavy atom. The Morgan fingerprint density at radius 3 is 2.91 bits per heavy atom. The summed E-state index contributed by atoms with van der Waals surface area (Å²) in [6.45, 7) is 1.75. The van der Waals surface area contributed by atoms with E-state index >= 15 is 0 Å². The van der Waals surface area contributed by atoms with E-state index in [4.69, 9.17) is 16.3 Å². The van der Waals surface area contributed by atoms with Crippen molar-refractivity contribution in [2.45, 2.75) is 13.3 Å². The van der Waals surface area contributed by atoms with Gasteiger partial charge in [0.15, 0.2) is 0 Å². The van der Waals surface area contributed by atoms with Gasteiger partial charge in [0, 0.05) is 11.6 Å². The zero-order chi connectivity index (χ0) is 17.0. The molecule has 0 unspecified atom stereocenters. The fourth-order valence-electron chi connectivity index (χ4n) is 2.14. The second kappa shape index (κ2) is 7.10. The largest absolute Gasteiger partial charge is 0.496 e. The van der Waals surface area contributed by atoms with E-state index in [1.165, 1.54) is 6.92 Å². The average Bonchev–Trinajstić information content (AvgIpc) is 2.89. The summed E-state index contributed by atoms with van der Waals surface area (Å²) in [5.74, 6) is 0.0484. The van der Waals surface area contributed by atoms with Crippen LogP contribution in [-0.4, -0.2) is 34.7 Å². The first kappa shape index (κ1) is 16.8. The average molecular weight is 339 g/mol. The van der Waals surface area contributed by atoms with Gasteiger partial charge in [0.2, 0.25) is 5.69 Å². The van der Waals surface area contributed by atoms with Gasteiger partial charge in [-0.2, -0.15) is 5.10 Å². The first-order valence-corrected chi connectivity index (χ1v) is 7.11. The molecule has 1 aromatic heterocycles. The molecular weight excluding hydrogens is 324 g/mol. The summed E-state index contributed by atoms with van der Waals surface area (Å²) in [6, 6.07) is 5.19. The van der Waals surface area contributed by atoms with E-state index in [0.29, 0.717) is 17.2 Å². The van der Waals surface area contributed by atoms with Gasteiger partial charge in [-0.15, -0.1) is 0 Å². The number of carbonyl (C=O) groups excluding carboxylic acids is 1. The maximum absolute atomic E-state index is 12.0. The minimum absolute atomic E-state index is 0.231. The highest BCUT2D eigenvalue weighted by atomic mass is 35.5. The molecule has 122 valence electrons. The lowest BCUT2D eigenvalue weighted by molar-refractivity contribution is -0.385. The number of aromatic nitrogens is 2. The number of benzene rings is 1. The van der Waals surface area contributed by atoms with E-state index in [1.807, 2.05) is 0 Å². The molecule has 1 aromatic carbocycles. The van der Waals surface area contributed by atoms with Crippen LogP contribution in [0.15, 0.2) is 18.2 Å². The van der Waals surface area contributed by atoms with Gasteiger partial charge in [0.1, 0.15) is 11.4 Å². The number of H-pyrrole nitrogens is 1. The normalized spacial score (nSPS) is 10.4. The van der Waals surface area contributed by atoms with Crippen LogP contribution < -0.4 is 10.1 Å². The SMILES string of the molecule is COc1ccc(Cl)cc1CCNC(=O)c1n[nH]c(C)c1[N+](=O)[O-]. The lowest BCUT2D eigenvalue weighted by Gasteiger charge is -2.09. The summed E-state index contributed by atoms with van der Waals surface area (Å²) >= 11 is 5.94. The number of nitro groups is 1. The van der Waals surface area contributed by atoms with E-state index in [9.17, 15) is 14.9 Å². The molecule has 1 amide bonds. The number of aromatic amines is 1. The number of ether oxygens (including phenoxy) is 1. The zero-order valence-electron chi connectivity index (χ0n) is 12.6. The molecule has 0 aliphatic heterocycles. The Balaban J connectivity index is 2.03. The fourth-order valence-corrected chi connectivity index (χ4v) is 2.34. The molecule has 0 aliphatic carbocycles. The first-order valence-electron chi connectivity index (χ1n) is 6.74. The Hall–Kier alpha value is -2.61. The third-order valence-corrected chi connectivity index (χ3v) is 3.47. The van der Waals surface area contributed by atoms with Crippen LogP contribution in [0.25, 0.3) is 0 Å². The van der Waals surface area contributed by atoms with Crippen molar-refractivity contribution in [3.63, 3.8) is 0 Å². The molecule has 2 rings (SSSR count). The summed E-state index contributed by atoms with van der Waals surface area (Å²) in [4.78, 5) is 22.4. The van der Waals surface area contributed by atoms with Gasteiger partial charge in [-0.1, -0.05) is 11.6 Å². The molecule has 1 heterocycles. The van der Waals surface area contributed by atoms with Crippen molar-refractivity contribution < 1.29 is 14.5 Å². The fraction of sp³-hybridized carbons (Fsp3) is 0.286. The topological polar surface area (TPSA) is 110 Å². The van der Waals surface area contributed by atoms with Crippen LogP contribution in [0.2, 0.25) is 5.02 Å². The number of nitrogens with zero attached hydrogens (tertiary/aromatic N) is 2. The minimum atomic E-state index is -0.631. The Bertz CT molecular complexity index is 744. The number of amides is 1. The van der Waals surface area contributed by atoms with Gasteiger partial charge in [0.05, 0.1) is 12.0 Å². The van der Waals surface area contributed by atoms with Crippen LogP contribution in [0.1, 0.15) is 21.7 Å². The van der Waals surface area contributed by atoms with Gasteiger partial charge >= 0.3 is 5.69 Å². The molecule has 0 radical (unpaired) electrons. The van der Waals surface area contributed by atoms with E-state index in [1.54, 1.807) is 25.3 Å². The monoisotopic (exact) mass is 338 g/mol. The molecule has 0 fully saturated rings. The molecule has 0 saturated carbocycles. The van der Waals surface area contributed by atoms with Crippen molar-refractivity contribution in [1.82, 2.24) is 15.5 Å². The number of carbonyl (C=O) groups is 1. The van der Waals surface area contributed by atoms with Crippen LogP contribution in [0.5, 0.6) is 5.75 Å². The predicted octanol–water partition coefficient (Wildman–Crippen LogP) is 2.26. The predicted molar refractivity (Wildman–Crippen MR) is 84.0 cm³/mol. The van der Waals surface area contributed by atoms with E-state index < -0.39 is 10.8 Å². The van der Waals surface area contributed by atoms with Gasteiger partial charge in [-0.3, -0.25) is 20.0 Å². The second-order valence-corrected chi connectivity index (χ2v) is 5.20. The molecule has 8 nitrogen and oxygen atoms in total. The lowest BCUT2D eigenvalue weighted by Crippen LogP contribution is -2.26. The van der Waals surface area contributed by atoms with Crippen molar-refractivity contribution in [3.05, 3.63) is 50.3 Å². The summed E-state index contributed by atoms with van der Waals surface area (Å²) < 4.78 is 5.22. The van der Waals surface area contributed by atoms with Crippen molar-refractivity contribution in [2.24, 2.45) is 0 Å². The number of hydrogen-bond acceptors (Lipinski definition) is 5. The number of hydrogen-bond donors (Lipinski definition) is 2. The molecule has 2 aromatic rings. The third-order valence-electron chi connectivity index (χ3n) is 3.23. The van der Waals surface area contributed by atoms with Crippen LogP contribution in [-0.2, 0) is 6.42 Å². The summed E-state index contributed by atoms with van der Waals surface area (Å²) in [5.41, 5.74) is 0.512. The van der Waals surface area contributed by atoms with E-state index in [0.717, 1.165) is 5.56 Å². The number of aryl methyl sites for hydroxylation is 1.